The molecular weight excluding hydrogens is 376 g/mol. The van der Waals surface area contributed by atoms with E-state index in [1.54, 1.807) is 11.8 Å². The van der Waals surface area contributed by atoms with Crippen molar-refractivity contribution in [1.29, 1.82) is 0 Å². The van der Waals surface area contributed by atoms with Gasteiger partial charge in [0.15, 0.2) is 11.4 Å². The minimum absolute atomic E-state index is 0.355. The van der Waals surface area contributed by atoms with Gasteiger partial charge in [0.1, 0.15) is 18.3 Å². The van der Waals surface area contributed by atoms with E-state index in [0.717, 1.165) is 27.9 Å². The Hall–Kier alpha value is -1.90. The highest BCUT2D eigenvalue weighted by Crippen LogP contribution is 2.37. The summed E-state index contributed by atoms with van der Waals surface area (Å²) in [6.45, 7) is 3.71. The lowest BCUT2D eigenvalue weighted by atomic mass is 10.1. The van der Waals surface area contributed by atoms with Gasteiger partial charge in [-0.05, 0) is 42.7 Å². The first-order chi connectivity index (χ1) is 13.5. The van der Waals surface area contributed by atoms with Crippen LogP contribution in [0.1, 0.15) is 22.9 Å². The monoisotopic (exact) mass is 400 g/mol. The summed E-state index contributed by atoms with van der Waals surface area (Å²) in [5.74, 6) is 0.719. The molecule has 1 aliphatic rings. The molecule has 0 unspecified atom stereocenters. The van der Waals surface area contributed by atoms with Crippen LogP contribution in [0.15, 0.2) is 47.6 Å². The normalized spacial score (nSPS) is 24.9. The highest BCUT2D eigenvalue weighted by Gasteiger charge is 2.44. The summed E-state index contributed by atoms with van der Waals surface area (Å²) in [6, 6.07) is 14.1. The van der Waals surface area contributed by atoms with Crippen LogP contribution in [0.3, 0.4) is 0 Å². The van der Waals surface area contributed by atoms with E-state index < -0.39 is 24.5 Å². The first kappa shape index (κ1) is 19.4. The third kappa shape index (κ3) is 3.44. The zero-order chi connectivity index (χ0) is 19.8. The molecule has 1 aliphatic heterocycles. The second-order valence-corrected chi connectivity index (χ2v) is 8.14. The quantitative estimate of drug-likeness (QED) is 0.571. The number of hydrogen-bond acceptors (Lipinski definition) is 6. The average Bonchev–Trinajstić information content (AvgIpc) is 3.18. The highest BCUT2D eigenvalue weighted by atomic mass is 32.2. The van der Waals surface area contributed by atoms with Crippen molar-refractivity contribution in [2.45, 2.75) is 49.3 Å². The number of rotatable bonds is 5. The van der Waals surface area contributed by atoms with Crippen molar-refractivity contribution < 1.29 is 20.1 Å². The molecule has 0 radical (unpaired) electrons. The highest BCUT2D eigenvalue weighted by molar-refractivity contribution is 7.98. The molecule has 3 aromatic rings. The van der Waals surface area contributed by atoms with Crippen molar-refractivity contribution in [1.82, 2.24) is 9.55 Å². The van der Waals surface area contributed by atoms with Crippen molar-refractivity contribution in [3.63, 3.8) is 0 Å². The van der Waals surface area contributed by atoms with Gasteiger partial charge in [-0.1, -0.05) is 42.1 Å². The number of imidazole rings is 1. The number of aliphatic hydroxyl groups is 3. The molecule has 1 saturated heterocycles. The molecule has 28 heavy (non-hydrogen) atoms. The van der Waals surface area contributed by atoms with Crippen LogP contribution in [0.4, 0.5) is 0 Å². The lowest BCUT2D eigenvalue weighted by Gasteiger charge is -2.20. The standard InChI is InChI=1S/C21H24N2O4S/c1-12-8-15-16(9-13(12)2)23(20-19(26)18(25)17(10-24)27-20)21(22-15)28-11-14-6-4-3-5-7-14/h3-9,17-20,24-26H,10-11H2,1-2H3/t17-,18-,19-,20-/m1/s1. The molecule has 1 fully saturated rings. The van der Waals surface area contributed by atoms with E-state index in [2.05, 4.69) is 12.1 Å². The Labute approximate surface area is 167 Å². The number of aliphatic hydroxyl groups excluding tert-OH is 3. The summed E-state index contributed by atoms with van der Waals surface area (Å²) in [6.07, 6.45) is -3.92. The SMILES string of the molecule is Cc1cc2nc(SCc3ccccc3)n([C@@H]3O[C@H](CO)[C@@H](O)[C@H]3O)c2cc1C. The lowest BCUT2D eigenvalue weighted by molar-refractivity contribution is -0.0546. The number of thioether (sulfide) groups is 1. The molecule has 0 aliphatic carbocycles. The third-order valence-corrected chi connectivity index (χ3v) is 6.28. The van der Waals surface area contributed by atoms with Crippen LogP contribution in [0.5, 0.6) is 0 Å². The summed E-state index contributed by atoms with van der Waals surface area (Å²) in [7, 11) is 0. The zero-order valence-electron chi connectivity index (χ0n) is 15.8. The van der Waals surface area contributed by atoms with Gasteiger partial charge in [0.2, 0.25) is 0 Å². The summed E-state index contributed by atoms with van der Waals surface area (Å²) in [5.41, 5.74) is 5.07. The fraction of sp³-hybridized carbons (Fsp3) is 0.381. The summed E-state index contributed by atoms with van der Waals surface area (Å²) in [5, 5.41) is 31.0. The molecular formula is C21H24N2O4S. The molecule has 4 atom stereocenters. The van der Waals surface area contributed by atoms with Crippen LogP contribution in [0.2, 0.25) is 0 Å². The van der Waals surface area contributed by atoms with Gasteiger partial charge < -0.3 is 20.1 Å². The Morgan fingerprint density at radius 2 is 1.79 bits per heavy atom. The van der Waals surface area contributed by atoms with E-state index in [1.807, 2.05) is 48.7 Å². The fourth-order valence-corrected chi connectivity index (χ4v) is 4.48. The van der Waals surface area contributed by atoms with E-state index in [0.29, 0.717) is 5.16 Å². The number of benzene rings is 2. The maximum atomic E-state index is 10.6. The predicted molar refractivity (Wildman–Crippen MR) is 108 cm³/mol. The zero-order valence-corrected chi connectivity index (χ0v) is 16.6. The van der Waals surface area contributed by atoms with Gasteiger partial charge in [-0.25, -0.2) is 4.98 Å². The molecule has 0 saturated carbocycles. The van der Waals surface area contributed by atoms with Crippen molar-refractivity contribution in [3.05, 3.63) is 59.2 Å². The maximum absolute atomic E-state index is 10.6. The van der Waals surface area contributed by atoms with Crippen molar-refractivity contribution in [2.75, 3.05) is 6.61 Å². The van der Waals surface area contributed by atoms with Crippen LogP contribution < -0.4 is 0 Å². The lowest BCUT2D eigenvalue weighted by Crippen LogP contribution is -2.33. The van der Waals surface area contributed by atoms with Crippen LogP contribution in [-0.4, -0.2) is 49.8 Å². The summed E-state index contributed by atoms with van der Waals surface area (Å²) in [4.78, 5) is 4.78. The molecule has 2 aromatic carbocycles. The molecule has 2 heterocycles. The van der Waals surface area contributed by atoms with Gasteiger partial charge in [0, 0.05) is 5.75 Å². The molecule has 1 aromatic heterocycles. The fourth-order valence-electron chi connectivity index (χ4n) is 3.49. The van der Waals surface area contributed by atoms with Crippen LogP contribution in [0, 0.1) is 13.8 Å². The number of aromatic nitrogens is 2. The van der Waals surface area contributed by atoms with Gasteiger partial charge in [0.25, 0.3) is 0 Å². The maximum Gasteiger partial charge on any atom is 0.171 e. The minimum Gasteiger partial charge on any atom is -0.394 e. The molecule has 0 bridgehead atoms. The molecule has 148 valence electrons. The Balaban J connectivity index is 1.76. The first-order valence-electron chi connectivity index (χ1n) is 9.28. The minimum atomic E-state index is -1.15. The topological polar surface area (TPSA) is 87.7 Å². The number of fused-ring (bicyclic) bond motifs is 1. The van der Waals surface area contributed by atoms with Gasteiger partial charge in [-0.3, -0.25) is 4.57 Å². The van der Waals surface area contributed by atoms with Gasteiger partial charge in [0.05, 0.1) is 17.6 Å². The average molecular weight is 401 g/mol. The number of nitrogens with zero attached hydrogens (tertiary/aromatic N) is 2. The van der Waals surface area contributed by atoms with Crippen molar-refractivity contribution in [2.24, 2.45) is 0 Å². The molecule has 6 nitrogen and oxygen atoms in total. The Kier molecular flexibility index (Phi) is 5.44. The van der Waals surface area contributed by atoms with Crippen LogP contribution >= 0.6 is 11.8 Å². The second kappa shape index (κ2) is 7.85. The van der Waals surface area contributed by atoms with E-state index in [4.69, 9.17) is 9.72 Å². The number of hydrogen-bond donors (Lipinski definition) is 3. The third-order valence-electron chi connectivity index (χ3n) is 5.25. The number of ether oxygens (including phenoxy) is 1. The molecule has 0 amide bonds. The van der Waals surface area contributed by atoms with Gasteiger partial charge in [-0.2, -0.15) is 0 Å². The smallest absolute Gasteiger partial charge is 0.171 e. The van der Waals surface area contributed by atoms with E-state index in [-0.39, 0.29) is 6.61 Å². The summed E-state index contributed by atoms with van der Waals surface area (Å²) < 4.78 is 7.66. The molecule has 4 rings (SSSR count). The van der Waals surface area contributed by atoms with Crippen LogP contribution in [-0.2, 0) is 10.5 Å². The number of aryl methyl sites for hydroxylation is 2. The van der Waals surface area contributed by atoms with Gasteiger partial charge >= 0.3 is 0 Å². The molecule has 0 spiro atoms. The van der Waals surface area contributed by atoms with E-state index in [1.165, 1.54) is 5.56 Å². The van der Waals surface area contributed by atoms with Gasteiger partial charge in [-0.15, -0.1) is 0 Å². The Morgan fingerprint density at radius 1 is 1.07 bits per heavy atom. The van der Waals surface area contributed by atoms with Crippen molar-refractivity contribution in [3.8, 4) is 0 Å². The largest absolute Gasteiger partial charge is 0.394 e. The summed E-state index contributed by atoms with van der Waals surface area (Å²) >= 11 is 1.55. The Bertz CT molecular complexity index is 975. The molecule has 7 heteroatoms. The van der Waals surface area contributed by atoms with Crippen LogP contribution in [0.25, 0.3) is 11.0 Å². The second-order valence-electron chi connectivity index (χ2n) is 7.19. The predicted octanol–water partition coefficient (Wildman–Crippen LogP) is 2.56. The molecule has 3 N–H and O–H groups in total. The first-order valence-corrected chi connectivity index (χ1v) is 10.3. The van der Waals surface area contributed by atoms with E-state index in [9.17, 15) is 15.3 Å². The Morgan fingerprint density at radius 3 is 2.46 bits per heavy atom. The van der Waals surface area contributed by atoms with E-state index >= 15 is 0 Å². The van der Waals surface area contributed by atoms with Crippen molar-refractivity contribution >= 4 is 22.8 Å².